The van der Waals surface area contributed by atoms with E-state index in [1.807, 2.05) is 27.7 Å². The molecule has 2 aliphatic rings. The molecule has 8 nitrogen and oxygen atoms in total. The summed E-state index contributed by atoms with van der Waals surface area (Å²) in [5.74, 6) is 1.65. The first kappa shape index (κ1) is 25.8. The van der Waals surface area contributed by atoms with Crippen LogP contribution in [0.4, 0.5) is 4.79 Å². The fraction of sp³-hybridized carbons (Fsp3) is 0.850. The molecule has 0 atom stereocenters. The van der Waals surface area contributed by atoms with Gasteiger partial charge in [0.15, 0.2) is 5.96 Å². The molecule has 2 fully saturated rings. The fourth-order valence-corrected chi connectivity index (χ4v) is 3.04. The summed E-state index contributed by atoms with van der Waals surface area (Å²) in [6.07, 6.45) is 3.68. The van der Waals surface area contributed by atoms with Crippen LogP contribution in [-0.2, 0) is 9.53 Å². The van der Waals surface area contributed by atoms with Crippen molar-refractivity contribution in [2.45, 2.75) is 59.0 Å². The molecule has 0 spiro atoms. The highest BCUT2D eigenvalue weighted by atomic mass is 127. The van der Waals surface area contributed by atoms with E-state index in [1.165, 1.54) is 0 Å². The summed E-state index contributed by atoms with van der Waals surface area (Å²) in [7, 11) is 0. The van der Waals surface area contributed by atoms with Gasteiger partial charge in [-0.3, -0.25) is 9.79 Å². The number of hydrogen-bond acceptors (Lipinski definition) is 4. The minimum atomic E-state index is -0.456. The molecule has 0 aromatic carbocycles. The van der Waals surface area contributed by atoms with Crippen LogP contribution < -0.4 is 16.0 Å². The van der Waals surface area contributed by atoms with Crippen LogP contribution in [0, 0.1) is 11.8 Å². The average molecular weight is 523 g/mol. The van der Waals surface area contributed by atoms with Crippen LogP contribution in [0.5, 0.6) is 0 Å². The molecule has 3 N–H and O–H groups in total. The largest absolute Gasteiger partial charge is 0.444 e. The number of likely N-dealkylation sites (tertiary alicyclic amines) is 1. The third-order valence-electron chi connectivity index (χ3n) is 4.78. The molecule has 1 aliphatic carbocycles. The maximum atomic E-state index is 12.1. The molecular weight excluding hydrogens is 485 g/mol. The molecule has 29 heavy (non-hydrogen) atoms. The highest BCUT2D eigenvalue weighted by molar-refractivity contribution is 14.0. The summed E-state index contributed by atoms with van der Waals surface area (Å²) in [5.41, 5.74) is -0.456. The fourth-order valence-electron chi connectivity index (χ4n) is 3.04. The van der Waals surface area contributed by atoms with E-state index in [9.17, 15) is 9.59 Å². The van der Waals surface area contributed by atoms with Crippen LogP contribution in [-0.4, -0.2) is 67.7 Å². The standard InChI is InChI=1S/C20H37N5O3.HI/c1-5-21-18(23-11-10-22-17(26)16-6-7-16)24-14-15-8-12-25(13-9-15)19(27)28-20(2,3)4;/h15-16H,5-14H2,1-4H3,(H,22,26)(H2,21,23,24);1H. The quantitative estimate of drug-likeness (QED) is 0.206. The molecule has 0 radical (unpaired) electrons. The molecule has 0 bridgehead atoms. The zero-order valence-electron chi connectivity index (χ0n) is 18.3. The van der Waals surface area contributed by atoms with E-state index in [4.69, 9.17) is 4.74 Å². The average Bonchev–Trinajstić information content (AvgIpc) is 3.47. The van der Waals surface area contributed by atoms with Gasteiger partial charge in [0.05, 0.1) is 0 Å². The van der Waals surface area contributed by atoms with Crippen LogP contribution in [0.25, 0.3) is 0 Å². The van der Waals surface area contributed by atoms with Crippen LogP contribution in [0.1, 0.15) is 53.4 Å². The molecule has 0 unspecified atom stereocenters. The first-order valence-corrected chi connectivity index (χ1v) is 10.6. The predicted molar refractivity (Wildman–Crippen MR) is 126 cm³/mol. The number of aliphatic imine (C=N–C) groups is 1. The highest BCUT2D eigenvalue weighted by Crippen LogP contribution is 2.28. The number of nitrogens with one attached hydrogen (secondary N) is 3. The Hall–Kier alpha value is -1.26. The van der Waals surface area contributed by atoms with Crippen molar-refractivity contribution in [3.8, 4) is 0 Å². The van der Waals surface area contributed by atoms with Crippen molar-refractivity contribution >= 4 is 41.9 Å². The molecule has 168 valence electrons. The van der Waals surface area contributed by atoms with E-state index < -0.39 is 5.60 Å². The van der Waals surface area contributed by atoms with Gasteiger partial charge in [0.2, 0.25) is 5.91 Å². The number of halogens is 1. The predicted octanol–water partition coefficient (Wildman–Crippen LogP) is 2.33. The van der Waals surface area contributed by atoms with Crippen molar-refractivity contribution in [3.05, 3.63) is 0 Å². The molecule has 1 aliphatic heterocycles. The number of piperidine rings is 1. The zero-order valence-corrected chi connectivity index (χ0v) is 20.6. The summed E-state index contributed by atoms with van der Waals surface area (Å²) in [6, 6.07) is 0. The van der Waals surface area contributed by atoms with Crippen molar-refractivity contribution in [3.63, 3.8) is 0 Å². The lowest BCUT2D eigenvalue weighted by Crippen LogP contribution is -2.43. The summed E-state index contributed by atoms with van der Waals surface area (Å²) in [6.45, 7) is 11.9. The number of carbonyl (C=O) groups excluding carboxylic acids is 2. The second-order valence-corrected chi connectivity index (χ2v) is 8.62. The lowest BCUT2D eigenvalue weighted by atomic mass is 9.97. The maximum Gasteiger partial charge on any atom is 0.410 e. The number of nitrogens with zero attached hydrogens (tertiary/aromatic N) is 2. The summed E-state index contributed by atoms with van der Waals surface area (Å²) in [4.78, 5) is 30.2. The molecule has 1 heterocycles. The van der Waals surface area contributed by atoms with Gasteiger partial charge in [0.25, 0.3) is 0 Å². The van der Waals surface area contributed by atoms with E-state index in [1.54, 1.807) is 4.90 Å². The van der Waals surface area contributed by atoms with Gasteiger partial charge in [-0.1, -0.05) is 0 Å². The molecule has 1 saturated carbocycles. The van der Waals surface area contributed by atoms with Crippen LogP contribution in [0.3, 0.4) is 0 Å². The van der Waals surface area contributed by atoms with E-state index in [-0.39, 0.29) is 41.9 Å². The number of amides is 2. The van der Waals surface area contributed by atoms with Gasteiger partial charge in [-0.25, -0.2) is 4.79 Å². The van der Waals surface area contributed by atoms with Crippen molar-refractivity contribution in [1.82, 2.24) is 20.9 Å². The van der Waals surface area contributed by atoms with E-state index in [0.717, 1.165) is 44.7 Å². The summed E-state index contributed by atoms with van der Waals surface area (Å²) >= 11 is 0. The number of ether oxygens (including phenoxy) is 1. The molecule has 1 saturated heterocycles. The van der Waals surface area contributed by atoms with Crippen molar-refractivity contribution in [1.29, 1.82) is 0 Å². The Morgan fingerprint density at radius 3 is 2.21 bits per heavy atom. The molecule has 9 heteroatoms. The van der Waals surface area contributed by atoms with Gasteiger partial charge in [0.1, 0.15) is 5.60 Å². The lowest BCUT2D eigenvalue weighted by Gasteiger charge is -2.33. The normalized spacial score (nSPS) is 17.9. The Morgan fingerprint density at radius 2 is 1.66 bits per heavy atom. The number of rotatable bonds is 7. The third-order valence-corrected chi connectivity index (χ3v) is 4.78. The van der Waals surface area contributed by atoms with Crippen LogP contribution in [0.15, 0.2) is 4.99 Å². The molecule has 2 rings (SSSR count). The Kier molecular flexibility index (Phi) is 11.1. The second-order valence-electron chi connectivity index (χ2n) is 8.62. The minimum Gasteiger partial charge on any atom is -0.444 e. The van der Waals surface area contributed by atoms with Gasteiger partial charge in [-0.15, -0.1) is 24.0 Å². The molecule has 0 aromatic heterocycles. The summed E-state index contributed by atoms with van der Waals surface area (Å²) in [5, 5.41) is 9.45. The van der Waals surface area contributed by atoms with Crippen molar-refractivity contribution in [2.24, 2.45) is 16.8 Å². The van der Waals surface area contributed by atoms with Gasteiger partial charge >= 0.3 is 6.09 Å². The highest BCUT2D eigenvalue weighted by Gasteiger charge is 2.29. The Bertz CT molecular complexity index is 553. The number of guanidine groups is 1. The molecule has 2 amide bonds. The molecular formula is C20H38IN5O3. The van der Waals surface area contributed by atoms with Gasteiger partial charge < -0.3 is 25.6 Å². The third kappa shape index (κ3) is 10.4. The van der Waals surface area contributed by atoms with Crippen molar-refractivity contribution in [2.75, 3.05) is 39.3 Å². The van der Waals surface area contributed by atoms with Crippen LogP contribution >= 0.6 is 24.0 Å². The van der Waals surface area contributed by atoms with Gasteiger partial charge in [0, 0.05) is 45.2 Å². The maximum absolute atomic E-state index is 12.1. The zero-order chi connectivity index (χ0) is 20.6. The Balaban J connectivity index is 0.00000420. The number of carbonyl (C=O) groups is 2. The Labute approximate surface area is 192 Å². The first-order valence-electron chi connectivity index (χ1n) is 10.6. The van der Waals surface area contributed by atoms with Crippen molar-refractivity contribution < 1.29 is 14.3 Å². The minimum absolute atomic E-state index is 0. The Morgan fingerprint density at radius 1 is 1.03 bits per heavy atom. The second kappa shape index (κ2) is 12.4. The van der Waals surface area contributed by atoms with Crippen LogP contribution in [0.2, 0.25) is 0 Å². The smallest absolute Gasteiger partial charge is 0.410 e. The van der Waals surface area contributed by atoms with Gasteiger partial charge in [-0.2, -0.15) is 0 Å². The van der Waals surface area contributed by atoms with Gasteiger partial charge in [-0.05, 0) is 59.3 Å². The number of hydrogen-bond donors (Lipinski definition) is 3. The SMILES string of the molecule is CCNC(=NCC1CCN(C(=O)OC(C)(C)C)CC1)NCCNC(=O)C1CC1.I. The van der Waals surface area contributed by atoms with E-state index in [0.29, 0.717) is 32.1 Å². The molecule has 0 aromatic rings. The topological polar surface area (TPSA) is 95.1 Å². The lowest BCUT2D eigenvalue weighted by molar-refractivity contribution is -0.122. The summed E-state index contributed by atoms with van der Waals surface area (Å²) < 4.78 is 5.44. The monoisotopic (exact) mass is 523 g/mol. The van der Waals surface area contributed by atoms with E-state index >= 15 is 0 Å². The first-order chi connectivity index (χ1) is 13.3. The van der Waals surface area contributed by atoms with E-state index in [2.05, 4.69) is 20.9 Å².